The number of thiocarbonyl (C=S) groups is 1. The number of hydrogen-bond donors (Lipinski definition) is 2. The first-order valence-corrected chi connectivity index (χ1v) is 11.7. The summed E-state index contributed by atoms with van der Waals surface area (Å²) in [5.41, 5.74) is 1.57. The molecule has 0 radical (unpaired) electrons. The van der Waals surface area contributed by atoms with E-state index in [9.17, 15) is 0 Å². The number of nitrogens with zero attached hydrogens (tertiary/aromatic N) is 3. The molecule has 1 heterocycles. The number of fused-ring (bicyclic) bond motifs is 1. The largest absolute Gasteiger partial charge is 0.493 e. The van der Waals surface area contributed by atoms with Crippen LogP contribution in [0.5, 0.6) is 23.1 Å². The Kier molecular flexibility index (Phi) is 8.84. The van der Waals surface area contributed by atoms with Gasteiger partial charge in [-0.25, -0.2) is 9.97 Å². The van der Waals surface area contributed by atoms with E-state index in [0.29, 0.717) is 45.8 Å². The Morgan fingerprint density at radius 1 is 0.971 bits per heavy atom. The third-order valence-electron chi connectivity index (χ3n) is 5.41. The summed E-state index contributed by atoms with van der Waals surface area (Å²) in [6.07, 6.45) is 1.46. The minimum atomic E-state index is 0.434. The van der Waals surface area contributed by atoms with E-state index in [1.54, 1.807) is 20.3 Å². The van der Waals surface area contributed by atoms with Crippen LogP contribution >= 0.6 is 12.2 Å². The van der Waals surface area contributed by atoms with Gasteiger partial charge >= 0.3 is 0 Å². The van der Waals surface area contributed by atoms with Crippen LogP contribution in [0.2, 0.25) is 0 Å². The number of aromatic nitrogens is 2. The van der Waals surface area contributed by atoms with Crippen LogP contribution in [0.4, 0.5) is 5.69 Å². The fourth-order valence-corrected chi connectivity index (χ4v) is 3.97. The normalized spacial score (nSPS) is 11.2. The molecule has 8 nitrogen and oxygen atoms in total. The molecule has 34 heavy (non-hydrogen) atoms. The zero-order chi connectivity index (χ0) is 24.7. The Bertz CT molecular complexity index is 1100. The minimum Gasteiger partial charge on any atom is -0.493 e. The number of methoxy groups -OCH3 is 2. The highest BCUT2D eigenvalue weighted by Gasteiger charge is 2.14. The molecule has 0 fully saturated rings. The SMILES string of the molecule is COc1cc2ncnc(Oc3ccc(NC(=S)NCCN(C(C)C)C(C)C)cc3)c2cc1OC. The summed E-state index contributed by atoms with van der Waals surface area (Å²) >= 11 is 5.44. The van der Waals surface area contributed by atoms with Gasteiger partial charge in [-0.2, -0.15) is 0 Å². The highest BCUT2D eigenvalue weighted by molar-refractivity contribution is 7.80. The van der Waals surface area contributed by atoms with Crippen LogP contribution < -0.4 is 24.8 Å². The van der Waals surface area contributed by atoms with Gasteiger partial charge in [0, 0.05) is 36.9 Å². The van der Waals surface area contributed by atoms with Crippen LogP contribution in [0.15, 0.2) is 42.7 Å². The summed E-state index contributed by atoms with van der Waals surface area (Å²) < 4.78 is 16.8. The van der Waals surface area contributed by atoms with Gasteiger partial charge in [0.1, 0.15) is 12.1 Å². The van der Waals surface area contributed by atoms with Gasteiger partial charge in [0.15, 0.2) is 16.6 Å². The van der Waals surface area contributed by atoms with E-state index >= 15 is 0 Å². The quantitative estimate of drug-likeness (QED) is 0.394. The molecule has 0 spiro atoms. The lowest BCUT2D eigenvalue weighted by Gasteiger charge is -2.30. The molecule has 2 N–H and O–H groups in total. The number of ether oxygens (including phenoxy) is 3. The first-order valence-electron chi connectivity index (χ1n) is 11.3. The maximum atomic E-state index is 6.03. The highest BCUT2D eigenvalue weighted by Crippen LogP contribution is 2.35. The van der Waals surface area contributed by atoms with E-state index < -0.39 is 0 Å². The van der Waals surface area contributed by atoms with Crippen LogP contribution in [0.3, 0.4) is 0 Å². The number of anilines is 1. The van der Waals surface area contributed by atoms with Gasteiger partial charge in [-0.3, -0.25) is 4.90 Å². The van der Waals surface area contributed by atoms with Crippen LogP contribution in [-0.4, -0.2) is 59.4 Å². The molecule has 0 aliphatic carbocycles. The second-order valence-corrected chi connectivity index (χ2v) is 8.74. The predicted octanol–water partition coefficient (Wildman–Crippen LogP) is 4.84. The Morgan fingerprint density at radius 3 is 2.24 bits per heavy atom. The van der Waals surface area contributed by atoms with Crippen molar-refractivity contribution in [1.82, 2.24) is 20.2 Å². The summed E-state index contributed by atoms with van der Waals surface area (Å²) in [6.45, 7) is 10.5. The standard InChI is InChI=1S/C25H33N5O3S/c1-16(2)30(17(3)4)12-11-26-25(34)29-18-7-9-19(10-8-18)33-24-20-13-22(31-5)23(32-6)14-21(20)27-15-28-24/h7-10,13-17H,11-12H2,1-6H3,(H2,26,29,34). The Balaban J connectivity index is 1.62. The summed E-state index contributed by atoms with van der Waals surface area (Å²) in [6, 6.07) is 12.1. The van der Waals surface area contributed by atoms with Crippen molar-refractivity contribution in [2.24, 2.45) is 0 Å². The molecule has 0 atom stereocenters. The fourth-order valence-electron chi connectivity index (χ4n) is 3.75. The van der Waals surface area contributed by atoms with E-state index in [1.807, 2.05) is 30.3 Å². The van der Waals surface area contributed by atoms with Gasteiger partial charge in [-0.15, -0.1) is 0 Å². The van der Waals surface area contributed by atoms with Gasteiger partial charge in [0.25, 0.3) is 0 Å². The molecular weight excluding hydrogens is 450 g/mol. The molecule has 182 valence electrons. The molecule has 0 saturated heterocycles. The first kappa shape index (κ1) is 25.5. The van der Waals surface area contributed by atoms with Crippen LogP contribution in [0, 0.1) is 0 Å². The summed E-state index contributed by atoms with van der Waals surface area (Å²) in [5.74, 6) is 2.26. The van der Waals surface area contributed by atoms with Gasteiger partial charge in [-0.1, -0.05) is 0 Å². The number of nitrogens with one attached hydrogen (secondary N) is 2. The van der Waals surface area contributed by atoms with Crippen molar-refractivity contribution >= 4 is 33.9 Å². The maximum absolute atomic E-state index is 6.03. The molecule has 0 amide bonds. The summed E-state index contributed by atoms with van der Waals surface area (Å²) in [7, 11) is 3.18. The van der Waals surface area contributed by atoms with Crippen LogP contribution in [-0.2, 0) is 0 Å². The smallest absolute Gasteiger partial charge is 0.230 e. The third kappa shape index (κ3) is 6.45. The van der Waals surface area contributed by atoms with Crippen LogP contribution in [0.1, 0.15) is 27.7 Å². The van der Waals surface area contributed by atoms with Crippen molar-refractivity contribution in [3.63, 3.8) is 0 Å². The molecule has 0 aliphatic rings. The Morgan fingerprint density at radius 2 is 1.62 bits per heavy atom. The zero-order valence-corrected chi connectivity index (χ0v) is 21.4. The molecule has 0 unspecified atom stereocenters. The summed E-state index contributed by atoms with van der Waals surface area (Å²) in [4.78, 5) is 11.0. The molecule has 3 rings (SSSR count). The molecule has 9 heteroatoms. The van der Waals surface area contributed by atoms with Crippen molar-refractivity contribution in [3.8, 4) is 23.1 Å². The third-order valence-corrected chi connectivity index (χ3v) is 5.66. The van der Waals surface area contributed by atoms with E-state index in [-0.39, 0.29) is 0 Å². The molecule has 3 aromatic rings. The monoisotopic (exact) mass is 483 g/mol. The average Bonchev–Trinajstić information content (AvgIpc) is 2.81. The van der Waals surface area contributed by atoms with Crippen LogP contribution in [0.25, 0.3) is 10.9 Å². The number of rotatable bonds is 10. The molecule has 1 aromatic heterocycles. The van der Waals surface area contributed by atoms with Crippen molar-refractivity contribution in [2.45, 2.75) is 39.8 Å². The number of hydrogen-bond acceptors (Lipinski definition) is 7. The molecule has 0 saturated carbocycles. The maximum Gasteiger partial charge on any atom is 0.230 e. The Hall–Kier alpha value is -3.17. The molecule has 2 aromatic carbocycles. The average molecular weight is 484 g/mol. The van der Waals surface area contributed by atoms with Crippen molar-refractivity contribution in [1.29, 1.82) is 0 Å². The van der Waals surface area contributed by atoms with Gasteiger partial charge < -0.3 is 24.8 Å². The topological polar surface area (TPSA) is 80.8 Å². The molecular formula is C25H33N5O3S. The van der Waals surface area contributed by atoms with Gasteiger partial charge in [0.2, 0.25) is 5.88 Å². The van der Waals surface area contributed by atoms with Crippen molar-refractivity contribution in [3.05, 3.63) is 42.7 Å². The Labute approximate surface area is 206 Å². The number of benzene rings is 2. The van der Waals surface area contributed by atoms with E-state index in [0.717, 1.165) is 24.2 Å². The first-order chi connectivity index (χ1) is 16.3. The lowest BCUT2D eigenvalue weighted by molar-refractivity contribution is 0.178. The second kappa shape index (κ2) is 11.8. The van der Waals surface area contributed by atoms with E-state index in [1.165, 1.54) is 6.33 Å². The van der Waals surface area contributed by atoms with Crippen molar-refractivity contribution < 1.29 is 14.2 Å². The van der Waals surface area contributed by atoms with Gasteiger partial charge in [-0.05, 0) is 70.2 Å². The zero-order valence-electron chi connectivity index (χ0n) is 20.6. The minimum absolute atomic E-state index is 0.434. The lowest BCUT2D eigenvalue weighted by atomic mass is 10.2. The second-order valence-electron chi connectivity index (χ2n) is 8.34. The summed E-state index contributed by atoms with van der Waals surface area (Å²) in [5, 5.41) is 7.80. The van der Waals surface area contributed by atoms with Crippen molar-refractivity contribution in [2.75, 3.05) is 32.6 Å². The molecule has 0 bridgehead atoms. The fraction of sp³-hybridized carbons (Fsp3) is 0.400. The van der Waals surface area contributed by atoms with E-state index in [2.05, 4.69) is 53.2 Å². The lowest BCUT2D eigenvalue weighted by Crippen LogP contribution is -2.43. The predicted molar refractivity (Wildman–Crippen MR) is 140 cm³/mol. The highest BCUT2D eigenvalue weighted by atomic mass is 32.1. The van der Waals surface area contributed by atoms with Gasteiger partial charge in [0.05, 0.1) is 25.1 Å². The van der Waals surface area contributed by atoms with E-state index in [4.69, 9.17) is 26.4 Å². The molecule has 0 aliphatic heterocycles.